The number of rotatable bonds is 6. The van der Waals surface area contributed by atoms with Crippen LogP contribution in [0.5, 0.6) is 5.75 Å². The van der Waals surface area contributed by atoms with E-state index < -0.39 is 12.5 Å². The highest BCUT2D eigenvalue weighted by Crippen LogP contribution is 2.28. The molecule has 6 nitrogen and oxygen atoms in total. The molecule has 2 aromatic heterocycles. The van der Waals surface area contributed by atoms with Gasteiger partial charge in [0.25, 0.3) is 5.91 Å². The molecule has 30 heavy (non-hydrogen) atoms. The highest BCUT2D eigenvalue weighted by atomic mass is 19.3. The van der Waals surface area contributed by atoms with Gasteiger partial charge in [0.05, 0.1) is 17.6 Å². The van der Waals surface area contributed by atoms with Crippen LogP contribution in [0, 0.1) is 6.92 Å². The molecule has 0 saturated carbocycles. The van der Waals surface area contributed by atoms with E-state index >= 15 is 0 Å². The van der Waals surface area contributed by atoms with Gasteiger partial charge < -0.3 is 15.0 Å². The van der Waals surface area contributed by atoms with Crippen molar-refractivity contribution in [1.29, 1.82) is 0 Å². The highest BCUT2D eigenvalue weighted by Gasteiger charge is 2.14. The summed E-state index contributed by atoms with van der Waals surface area (Å²) in [6.07, 6.45) is 1.58. The zero-order valence-corrected chi connectivity index (χ0v) is 16.0. The van der Waals surface area contributed by atoms with Gasteiger partial charge >= 0.3 is 6.61 Å². The van der Waals surface area contributed by atoms with E-state index in [9.17, 15) is 13.6 Å². The third-order valence-electron chi connectivity index (χ3n) is 4.81. The van der Waals surface area contributed by atoms with Gasteiger partial charge in [-0.15, -0.1) is 0 Å². The number of alkyl halides is 2. The van der Waals surface area contributed by atoms with Crippen LogP contribution in [-0.2, 0) is 6.54 Å². The topological polar surface area (TPSA) is 83.0 Å². The number of hydrogen-bond donors (Lipinski definition) is 1. The smallest absolute Gasteiger partial charge is 0.387 e. The van der Waals surface area contributed by atoms with E-state index in [-0.39, 0.29) is 11.4 Å². The normalized spacial score (nSPS) is 11.2. The van der Waals surface area contributed by atoms with Crippen LogP contribution in [0.2, 0.25) is 0 Å². The number of carbonyl (C=O) groups excluding carboxylic acids is 1. The summed E-state index contributed by atoms with van der Waals surface area (Å²) in [7, 11) is 0. The van der Waals surface area contributed by atoms with Crippen molar-refractivity contribution in [2.45, 2.75) is 20.1 Å². The molecule has 0 bridgehead atoms. The van der Waals surface area contributed by atoms with Gasteiger partial charge in [-0.1, -0.05) is 30.3 Å². The van der Waals surface area contributed by atoms with Crippen LogP contribution in [-0.4, -0.2) is 27.1 Å². The van der Waals surface area contributed by atoms with Gasteiger partial charge in [-0.25, -0.2) is 4.98 Å². The summed E-state index contributed by atoms with van der Waals surface area (Å²) in [5.41, 5.74) is 9.38. The van der Waals surface area contributed by atoms with E-state index in [1.165, 1.54) is 6.07 Å². The molecule has 4 aromatic rings. The van der Waals surface area contributed by atoms with E-state index in [4.69, 9.17) is 5.73 Å². The van der Waals surface area contributed by atoms with E-state index in [0.717, 1.165) is 28.0 Å². The Balaban J connectivity index is 1.74. The van der Waals surface area contributed by atoms with Gasteiger partial charge in [-0.05, 0) is 36.8 Å². The molecule has 0 spiro atoms. The maximum absolute atomic E-state index is 12.8. The minimum absolute atomic E-state index is 0.135. The predicted octanol–water partition coefficient (Wildman–Crippen LogP) is 4.16. The number of halogens is 2. The number of amides is 1. The Labute approximate surface area is 170 Å². The van der Waals surface area contributed by atoms with Crippen LogP contribution >= 0.6 is 0 Å². The van der Waals surface area contributed by atoms with Crippen molar-refractivity contribution in [2.75, 3.05) is 0 Å². The first kappa shape index (κ1) is 19.5. The summed E-state index contributed by atoms with van der Waals surface area (Å²) in [6, 6.07) is 15.8. The standard InChI is InChI=1S/C22H18F2N4O2/c1-13-27-17-8-6-14(15-7-9-18(21(25)29)26-11-15)10-19(17)28(13)12-16-4-2-3-5-20(16)30-22(23)24/h2-11,22H,12H2,1H3,(H2,25,29). The molecule has 152 valence electrons. The first-order valence-corrected chi connectivity index (χ1v) is 9.18. The van der Waals surface area contributed by atoms with Gasteiger partial charge in [0.15, 0.2) is 0 Å². The SMILES string of the molecule is Cc1nc2ccc(-c3ccc(C(N)=O)nc3)cc2n1Cc1ccccc1OC(F)F. The Hall–Kier alpha value is -3.81. The number of ether oxygens (including phenoxy) is 1. The fraction of sp³-hybridized carbons (Fsp3) is 0.136. The number of hydrogen-bond acceptors (Lipinski definition) is 4. The summed E-state index contributed by atoms with van der Waals surface area (Å²) in [4.78, 5) is 19.9. The van der Waals surface area contributed by atoms with Crippen molar-refractivity contribution in [3.05, 3.63) is 77.9 Å². The molecule has 2 heterocycles. The molecule has 0 radical (unpaired) electrons. The molecule has 0 aliphatic heterocycles. The summed E-state index contributed by atoms with van der Waals surface area (Å²) in [5, 5.41) is 0. The minimum atomic E-state index is -2.89. The van der Waals surface area contributed by atoms with Crippen molar-refractivity contribution in [1.82, 2.24) is 14.5 Å². The molecule has 0 saturated heterocycles. The predicted molar refractivity (Wildman–Crippen MR) is 108 cm³/mol. The molecule has 0 aliphatic rings. The van der Waals surface area contributed by atoms with Crippen molar-refractivity contribution >= 4 is 16.9 Å². The third-order valence-corrected chi connectivity index (χ3v) is 4.81. The number of nitrogens with two attached hydrogens (primary N) is 1. The Morgan fingerprint density at radius 2 is 1.90 bits per heavy atom. The number of benzene rings is 2. The van der Waals surface area contributed by atoms with Gasteiger partial charge in [-0.2, -0.15) is 8.78 Å². The maximum Gasteiger partial charge on any atom is 0.387 e. The van der Waals surface area contributed by atoms with Crippen LogP contribution in [0.1, 0.15) is 21.9 Å². The Kier molecular flexibility index (Phi) is 5.14. The number of pyridine rings is 1. The number of carbonyl (C=O) groups is 1. The summed E-state index contributed by atoms with van der Waals surface area (Å²) < 4.78 is 32.1. The number of imidazole rings is 1. The lowest BCUT2D eigenvalue weighted by atomic mass is 10.1. The minimum Gasteiger partial charge on any atom is -0.434 e. The van der Waals surface area contributed by atoms with E-state index in [1.54, 1.807) is 36.5 Å². The summed E-state index contributed by atoms with van der Waals surface area (Å²) in [6.45, 7) is -0.707. The molecule has 0 unspecified atom stereocenters. The van der Waals surface area contributed by atoms with Gasteiger partial charge in [0, 0.05) is 17.3 Å². The largest absolute Gasteiger partial charge is 0.434 e. The summed E-state index contributed by atoms with van der Waals surface area (Å²) in [5.74, 6) is 0.294. The second kappa shape index (κ2) is 7.90. The number of nitrogens with zero attached hydrogens (tertiary/aromatic N) is 3. The number of aryl methyl sites for hydroxylation is 1. The second-order valence-corrected chi connectivity index (χ2v) is 6.73. The Morgan fingerprint density at radius 3 is 2.60 bits per heavy atom. The van der Waals surface area contributed by atoms with Gasteiger partial charge in [0.2, 0.25) is 0 Å². The van der Waals surface area contributed by atoms with Crippen LogP contribution in [0.15, 0.2) is 60.8 Å². The lowest BCUT2D eigenvalue weighted by Gasteiger charge is -2.13. The third kappa shape index (κ3) is 3.84. The molecule has 0 atom stereocenters. The average Bonchev–Trinajstić information content (AvgIpc) is 3.03. The molecule has 1 amide bonds. The number of primary amides is 1. The molecule has 0 aliphatic carbocycles. The van der Waals surface area contributed by atoms with Crippen LogP contribution < -0.4 is 10.5 Å². The zero-order chi connectivity index (χ0) is 21.3. The Bertz CT molecular complexity index is 1220. The van der Waals surface area contributed by atoms with Crippen molar-refractivity contribution < 1.29 is 18.3 Å². The van der Waals surface area contributed by atoms with Crippen LogP contribution in [0.25, 0.3) is 22.2 Å². The molecular weight excluding hydrogens is 390 g/mol. The molecule has 0 fully saturated rings. The van der Waals surface area contributed by atoms with Crippen LogP contribution in [0.3, 0.4) is 0 Å². The van der Waals surface area contributed by atoms with E-state index in [2.05, 4.69) is 14.7 Å². The first-order chi connectivity index (χ1) is 14.4. The second-order valence-electron chi connectivity index (χ2n) is 6.73. The quantitative estimate of drug-likeness (QED) is 0.519. The van der Waals surface area contributed by atoms with Gasteiger partial charge in [0.1, 0.15) is 17.3 Å². The number of aromatic nitrogens is 3. The maximum atomic E-state index is 12.8. The van der Waals surface area contributed by atoms with E-state index in [0.29, 0.717) is 12.1 Å². The number of para-hydroxylation sites is 1. The molecule has 2 aromatic carbocycles. The van der Waals surface area contributed by atoms with Crippen LogP contribution in [0.4, 0.5) is 8.78 Å². The fourth-order valence-corrected chi connectivity index (χ4v) is 3.35. The molecular formula is C22H18F2N4O2. The monoisotopic (exact) mass is 408 g/mol. The lowest BCUT2D eigenvalue weighted by Crippen LogP contribution is -2.12. The van der Waals surface area contributed by atoms with Crippen molar-refractivity contribution in [3.8, 4) is 16.9 Å². The molecule has 8 heteroatoms. The lowest BCUT2D eigenvalue weighted by molar-refractivity contribution is -0.0504. The van der Waals surface area contributed by atoms with Crippen molar-refractivity contribution in [2.24, 2.45) is 5.73 Å². The highest BCUT2D eigenvalue weighted by molar-refractivity contribution is 5.91. The first-order valence-electron chi connectivity index (χ1n) is 9.18. The molecule has 4 rings (SSSR count). The van der Waals surface area contributed by atoms with Crippen molar-refractivity contribution in [3.63, 3.8) is 0 Å². The average molecular weight is 408 g/mol. The fourth-order valence-electron chi connectivity index (χ4n) is 3.35. The summed E-state index contributed by atoms with van der Waals surface area (Å²) >= 11 is 0. The van der Waals surface area contributed by atoms with Gasteiger partial charge in [-0.3, -0.25) is 9.78 Å². The zero-order valence-electron chi connectivity index (χ0n) is 16.0. The van der Waals surface area contributed by atoms with E-state index in [1.807, 2.05) is 29.7 Å². The number of fused-ring (bicyclic) bond motifs is 1. The molecule has 2 N–H and O–H groups in total. The Morgan fingerprint density at radius 1 is 1.13 bits per heavy atom.